The van der Waals surface area contributed by atoms with E-state index in [0.717, 1.165) is 12.1 Å². The number of hydrogen-bond acceptors (Lipinski definition) is 7. The molecule has 2 atom stereocenters. The number of rotatable bonds is 6. The van der Waals surface area contributed by atoms with Crippen LogP contribution in [0.15, 0.2) is 53.7 Å². The van der Waals surface area contributed by atoms with E-state index >= 15 is 0 Å². The minimum atomic E-state index is -0.834. The molecule has 0 saturated carbocycles. The Labute approximate surface area is 250 Å². The number of nitrogens with zero attached hydrogens (tertiary/aromatic N) is 2. The number of ether oxygens (including phenoxy) is 3. The highest BCUT2D eigenvalue weighted by molar-refractivity contribution is 6.05. The van der Waals surface area contributed by atoms with Crippen molar-refractivity contribution in [1.82, 2.24) is 15.1 Å². The molecule has 1 N–H and O–H groups in total. The van der Waals surface area contributed by atoms with Gasteiger partial charge in [0.05, 0.1) is 12.7 Å². The number of carbonyl (C=O) groups is 3. The molecule has 0 radical (unpaired) electrons. The number of carbonyl (C=O) groups excluding carboxylic acids is 3. The van der Waals surface area contributed by atoms with Crippen molar-refractivity contribution in [3.8, 4) is 11.5 Å². The van der Waals surface area contributed by atoms with Crippen molar-refractivity contribution in [3.63, 3.8) is 0 Å². The second kappa shape index (κ2) is 12.2. The number of likely N-dealkylation sites (tertiary alicyclic amines) is 1. The van der Waals surface area contributed by atoms with E-state index in [1.165, 1.54) is 13.2 Å². The summed E-state index contributed by atoms with van der Waals surface area (Å²) >= 11 is 0. The summed E-state index contributed by atoms with van der Waals surface area (Å²) in [5, 5.41) is 2.97. The van der Waals surface area contributed by atoms with Crippen LogP contribution in [0.5, 0.6) is 11.5 Å². The Kier molecular flexibility index (Phi) is 9.03. The van der Waals surface area contributed by atoms with E-state index in [0.29, 0.717) is 25.1 Å². The number of para-hydroxylation sites is 1. The molecule has 1 unspecified atom stereocenters. The lowest BCUT2D eigenvalue weighted by Gasteiger charge is -2.29. The minimum absolute atomic E-state index is 0.138. The number of benzene rings is 2. The number of esters is 1. The van der Waals surface area contributed by atoms with Crippen molar-refractivity contribution < 1.29 is 37.4 Å². The van der Waals surface area contributed by atoms with Crippen LogP contribution < -0.4 is 10.1 Å². The zero-order chi connectivity index (χ0) is 31.7. The SMILES string of the molecule is COC(=O)C1=C(C(=O)NC(C)(C)C)C(c2ccc(Oc3c(F)cccc3F)cc2)CN1[C@@H]1CCN(C(=O)OC(C)(C)C)C1. The topological polar surface area (TPSA) is 97.4 Å². The molecular formula is C32H39F2N3O6. The van der Waals surface area contributed by atoms with E-state index in [2.05, 4.69) is 5.32 Å². The molecule has 0 aliphatic carbocycles. The van der Waals surface area contributed by atoms with Gasteiger partial charge >= 0.3 is 12.1 Å². The first-order valence-electron chi connectivity index (χ1n) is 14.2. The van der Waals surface area contributed by atoms with Gasteiger partial charge < -0.3 is 29.3 Å². The van der Waals surface area contributed by atoms with Gasteiger partial charge in [-0.2, -0.15) is 0 Å². The smallest absolute Gasteiger partial charge is 0.410 e. The van der Waals surface area contributed by atoms with Gasteiger partial charge in [0.15, 0.2) is 17.4 Å². The molecule has 0 bridgehead atoms. The molecular weight excluding hydrogens is 560 g/mol. The second-order valence-electron chi connectivity index (χ2n) is 12.8. The van der Waals surface area contributed by atoms with E-state index in [1.54, 1.807) is 49.9 Å². The van der Waals surface area contributed by atoms with Crippen molar-refractivity contribution in [2.24, 2.45) is 0 Å². The molecule has 2 amide bonds. The lowest BCUT2D eigenvalue weighted by molar-refractivity contribution is -0.138. The van der Waals surface area contributed by atoms with Gasteiger partial charge in [-0.05, 0) is 77.8 Å². The number of hydrogen-bond donors (Lipinski definition) is 1. The van der Waals surface area contributed by atoms with Crippen molar-refractivity contribution in [3.05, 3.63) is 70.9 Å². The van der Waals surface area contributed by atoms with Crippen LogP contribution in [0.1, 0.15) is 59.4 Å². The van der Waals surface area contributed by atoms with Crippen LogP contribution >= 0.6 is 0 Å². The summed E-state index contributed by atoms with van der Waals surface area (Å²) in [6.45, 7) is 11.9. The number of methoxy groups -OCH3 is 1. The van der Waals surface area contributed by atoms with Crippen LogP contribution in [0.3, 0.4) is 0 Å². The van der Waals surface area contributed by atoms with Crippen molar-refractivity contribution >= 4 is 18.0 Å². The fourth-order valence-electron chi connectivity index (χ4n) is 5.25. The van der Waals surface area contributed by atoms with E-state index in [4.69, 9.17) is 14.2 Å². The molecule has 9 nitrogen and oxygen atoms in total. The summed E-state index contributed by atoms with van der Waals surface area (Å²) in [6, 6.07) is 9.70. The van der Waals surface area contributed by atoms with Crippen LogP contribution in [0.2, 0.25) is 0 Å². The monoisotopic (exact) mass is 599 g/mol. The molecule has 232 valence electrons. The minimum Gasteiger partial charge on any atom is -0.464 e. The zero-order valence-corrected chi connectivity index (χ0v) is 25.6. The summed E-state index contributed by atoms with van der Waals surface area (Å²) in [5.41, 5.74) is -0.181. The lowest BCUT2D eigenvalue weighted by Crippen LogP contribution is -2.42. The zero-order valence-electron chi connectivity index (χ0n) is 25.6. The first-order chi connectivity index (χ1) is 20.1. The fraction of sp³-hybridized carbons (Fsp3) is 0.469. The van der Waals surface area contributed by atoms with Gasteiger partial charge in [-0.15, -0.1) is 0 Å². The highest BCUT2D eigenvalue weighted by Crippen LogP contribution is 2.40. The van der Waals surface area contributed by atoms with Crippen LogP contribution in [0, 0.1) is 11.6 Å². The summed E-state index contributed by atoms with van der Waals surface area (Å²) in [7, 11) is 1.26. The standard InChI is InChI=1S/C32H39F2N3O6/c1-31(2,3)35-28(38)25-22(19-11-13-21(14-12-19)42-27-23(33)9-8-10-24(27)34)18-37(26(25)29(39)41-7)20-15-16-36(17-20)30(40)43-32(4,5)6/h8-14,20,22H,15-18H2,1-7H3,(H,35,38)/t20-,22?/m1/s1. The molecule has 2 aromatic carbocycles. The van der Waals surface area contributed by atoms with Gasteiger partial charge in [0.2, 0.25) is 0 Å². The first-order valence-corrected chi connectivity index (χ1v) is 14.2. The maximum atomic E-state index is 14.1. The lowest BCUT2D eigenvalue weighted by atomic mass is 9.91. The van der Waals surface area contributed by atoms with Gasteiger partial charge in [0, 0.05) is 37.1 Å². The van der Waals surface area contributed by atoms with Crippen LogP contribution in [0.25, 0.3) is 0 Å². The molecule has 0 aromatic heterocycles. The molecule has 1 saturated heterocycles. The Bertz CT molecular complexity index is 1390. The summed E-state index contributed by atoms with van der Waals surface area (Å²) in [5.74, 6) is -3.62. The van der Waals surface area contributed by atoms with Gasteiger partial charge in [-0.1, -0.05) is 18.2 Å². The predicted molar refractivity (Wildman–Crippen MR) is 155 cm³/mol. The van der Waals surface area contributed by atoms with Gasteiger partial charge in [-0.25, -0.2) is 18.4 Å². The summed E-state index contributed by atoms with van der Waals surface area (Å²) in [6.07, 6.45) is 0.114. The van der Waals surface area contributed by atoms with E-state index in [1.807, 2.05) is 25.7 Å². The predicted octanol–water partition coefficient (Wildman–Crippen LogP) is 5.51. The molecule has 2 aliphatic heterocycles. The molecule has 2 aliphatic rings. The third-order valence-electron chi connectivity index (χ3n) is 7.06. The van der Waals surface area contributed by atoms with Crippen LogP contribution in [-0.2, 0) is 19.1 Å². The Morgan fingerprint density at radius 2 is 1.56 bits per heavy atom. The van der Waals surface area contributed by atoms with Crippen LogP contribution in [-0.4, -0.2) is 71.7 Å². The van der Waals surface area contributed by atoms with Crippen molar-refractivity contribution in [2.75, 3.05) is 26.7 Å². The highest BCUT2D eigenvalue weighted by Gasteiger charge is 2.45. The van der Waals surface area contributed by atoms with Crippen molar-refractivity contribution in [2.45, 2.75) is 71.1 Å². The summed E-state index contributed by atoms with van der Waals surface area (Å²) < 4.78 is 44.4. The average molecular weight is 600 g/mol. The molecule has 11 heteroatoms. The van der Waals surface area contributed by atoms with E-state index in [-0.39, 0.29) is 29.6 Å². The van der Waals surface area contributed by atoms with Gasteiger partial charge in [0.25, 0.3) is 5.91 Å². The Balaban J connectivity index is 1.68. The number of amides is 2. The number of nitrogens with one attached hydrogen (secondary N) is 1. The van der Waals surface area contributed by atoms with Crippen molar-refractivity contribution in [1.29, 1.82) is 0 Å². The first kappa shape index (κ1) is 31.8. The number of halogens is 2. The Morgan fingerprint density at radius 1 is 0.930 bits per heavy atom. The second-order valence-corrected chi connectivity index (χ2v) is 12.8. The molecule has 4 rings (SSSR count). The highest BCUT2D eigenvalue weighted by atomic mass is 19.1. The fourth-order valence-corrected chi connectivity index (χ4v) is 5.25. The average Bonchev–Trinajstić information content (AvgIpc) is 3.55. The van der Waals surface area contributed by atoms with E-state index < -0.39 is 52.4 Å². The molecule has 0 spiro atoms. The third-order valence-corrected chi connectivity index (χ3v) is 7.06. The van der Waals surface area contributed by atoms with E-state index in [9.17, 15) is 23.2 Å². The van der Waals surface area contributed by atoms with Crippen LogP contribution in [0.4, 0.5) is 13.6 Å². The molecule has 2 heterocycles. The molecule has 1 fully saturated rings. The van der Waals surface area contributed by atoms with Gasteiger partial charge in [-0.3, -0.25) is 4.79 Å². The Morgan fingerprint density at radius 3 is 2.12 bits per heavy atom. The molecule has 43 heavy (non-hydrogen) atoms. The normalized spacial score (nSPS) is 19.0. The third kappa shape index (κ3) is 7.44. The molecule has 2 aromatic rings. The summed E-state index contributed by atoms with van der Waals surface area (Å²) in [4.78, 5) is 43.2. The maximum absolute atomic E-state index is 14.1. The largest absolute Gasteiger partial charge is 0.464 e. The van der Waals surface area contributed by atoms with Gasteiger partial charge in [0.1, 0.15) is 17.0 Å². The Hall–Kier alpha value is -4.15. The maximum Gasteiger partial charge on any atom is 0.410 e. The quantitative estimate of drug-likeness (QED) is 0.438.